The molecule has 1 aliphatic heterocycles. The summed E-state index contributed by atoms with van der Waals surface area (Å²) >= 11 is 0. The number of hydrogen-bond acceptors (Lipinski definition) is 3. The molecule has 1 atom stereocenters. The fourth-order valence-electron chi connectivity index (χ4n) is 1.31. The zero-order chi connectivity index (χ0) is 10.1. The Morgan fingerprint density at radius 1 is 1.57 bits per heavy atom. The van der Waals surface area contributed by atoms with Crippen molar-refractivity contribution in [2.45, 2.75) is 6.92 Å². The second-order valence-corrected chi connectivity index (χ2v) is 3.46. The number of nitrogens with two attached hydrogens (primary N) is 1. The van der Waals surface area contributed by atoms with E-state index in [1.165, 1.54) is 0 Å². The first-order valence-corrected chi connectivity index (χ1v) is 4.50. The number of carbonyl (C=O) groups is 1. The summed E-state index contributed by atoms with van der Waals surface area (Å²) in [6.07, 6.45) is 0. The average molecular weight is 192 g/mol. The molecule has 0 radical (unpaired) electrons. The maximum Gasteiger partial charge on any atom is 0.230 e. The molecule has 1 amide bonds. The van der Waals surface area contributed by atoms with Gasteiger partial charge in [-0.05, 0) is 12.1 Å². The van der Waals surface area contributed by atoms with E-state index in [-0.39, 0.29) is 11.8 Å². The number of rotatable bonds is 0. The number of carbonyl (C=O) groups excluding carboxylic acids is 1. The Bertz CT molecular complexity index is 376. The molecule has 0 aromatic heterocycles. The highest BCUT2D eigenvalue weighted by Gasteiger charge is 2.20. The molecule has 1 aliphatic rings. The standard InChI is InChI=1S/C10H12N2O2/c1-6-5-14-9-4-7(11)2-3-8(9)12-10(6)13/h2-4,6H,5,11H2,1H3,(H,12,13). The Morgan fingerprint density at radius 3 is 3.14 bits per heavy atom. The number of fused-ring (bicyclic) bond motifs is 1. The van der Waals surface area contributed by atoms with Crippen molar-refractivity contribution < 1.29 is 9.53 Å². The zero-order valence-corrected chi connectivity index (χ0v) is 7.91. The van der Waals surface area contributed by atoms with Gasteiger partial charge in [0.2, 0.25) is 5.91 Å². The van der Waals surface area contributed by atoms with Gasteiger partial charge >= 0.3 is 0 Å². The quantitative estimate of drug-likeness (QED) is 0.608. The molecular formula is C10H12N2O2. The molecule has 1 unspecified atom stereocenters. The Balaban J connectivity index is 2.37. The third-order valence-corrected chi connectivity index (χ3v) is 2.20. The molecule has 1 aromatic carbocycles. The smallest absolute Gasteiger partial charge is 0.230 e. The highest BCUT2D eigenvalue weighted by atomic mass is 16.5. The predicted molar refractivity (Wildman–Crippen MR) is 54.1 cm³/mol. The molecule has 4 nitrogen and oxygen atoms in total. The first kappa shape index (κ1) is 8.87. The van der Waals surface area contributed by atoms with Crippen molar-refractivity contribution in [1.82, 2.24) is 0 Å². The lowest BCUT2D eigenvalue weighted by molar-refractivity contribution is -0.119. The van der Waals surface area contributed by atoms with Gasteiger partial charge in [0.25, 0.3) is 0 Å². The highest BCUT2D eigenvalue weighted by molar-refractivity contribution is 5.94. The van der Waals surface area contributed by atoms with Gasteiger partial charge in [-0.2, -0.15) is 0 Å². The van der Waals surface area contributed by atoms with Crippen LogP contribution in [-0.4, -0.2) is 12.5 Å². The number of ether oxygens (including phenoxy) is 1. The highest BCUT2D eigenvalue weighted by Crippen LogP contribution is 2.29. The van der Waals surface area contributed by atoms with Gasteiger partial charge in [0.1, 0.15) is 5.75 Å². The first-order chi connectivity index (χ1) is 6.66. The summed E-state index contributed by atoms with van der Waals surface area (Å²) in [6.45, 7) is 2.22. The lowest BCUT2D eigenvalue weighted by Crippen LogP contribution is -2.21. The van der Waals surface area contributed by atoms with Crippen molar-refractivity contribution in [2.24, 2.45) is 5.92 Å². The Hall–Kier alpha value is -1.71. The van der Waals surface area contributed by atoms with Crippen LogP contribution in [0.1, 0.15) is 6.92 Å². The molecule has 1 heterocycles. The van der Waals surface area contributed by atoms with Crippen LogP contribution >= 0.6 is 0 Å². The molecule has 0 spiro atoms. The van der Waals surface area contributed by atoms with Crippen LogP contribution in [0.5, 0.6) is 5.75 Å². The molecule has 0 aliphatic carbocycles. The Morgan fingerprint density at radius 2 is 2.36 bits per heavy atom. The average Bonchev–Trinajstić information content (AvgIpc) is 2.29. The number of benzene rings is 1. The van der Waals surface area contributed by atoms with Gasteiger partial charge < -0.3 is 15.8 Å². The molecule has 4 heteroatoms. The monoisotopic (exact) mass is 192 g/mol. The van der Waals surface area contributed by atoms with Crippen molar-refractivity contribution >= 4 is 17.3 Å². The minimum Gasteiger partial charge on any atom is -0.491 e. The summed E-state index contributed by atoms with van der Waals surface area (Å²) in [5, 5.41) is 2.78. The second kappa shape index (κ2) is 3.21. The number of nitrogens with one attached hydrogen (secondary N) is 1. The molecule has 0 saturated heterocycles. The molecule has 3 N–H and O–H groups in total. The topological polar surface area (TPSA) is 64.3 Å². The van der Waals surface area contributed by atoms with Crippen molar-refractivity contribution in [3.05, 3.63) is 18.2 Å². The molecule has 0 saturated carbocycles. The van der Waals surface area contributed by atoms with Gasteiger partial charge in [0.15, 0.2) is 0 Å². The van der Waals surface area contributed by atoms with E-state index < -0.39 is 0 Å². The van der Waals surface area contributed by atoms with Crippen molar-refractivity contribution in [3.8, 4) is 5.75 Å². The second-order valence-electron chi connectivity index (χ2n) is 3.46. The first-order valence-electron chi connectivity index (χ1n) is 4.50. The van der Waals surface area contributed by atoms with Crippen LogP contribution in [0, 0.1) is 5.92 Å². The Kier molecular flexibility index (Phi) is 2.04. The largest absolute Gasteiger partial charge is 0.491 e. The SMILES string of the molecule is CC1COc2cc(N)ccc2NC1=O. The molecule has 74 valence electrons. The Labute approximate surface area is 82.1 Å². The minimum atomic E-state index is -0.136. The fraction of sp³-hybridized carbons (Fsp3) is 0.300. The van der Waals surface area contributed by atoms with Crippen LogP contribution in [0.3, 0.4) is 0 Å². The van der Waals surface area contributed by atoms with Crippen molar-refractivity contribution in [2.75, 3.05) is 17.7 Å². The van der Waals surface area contributed by atoms with Gasteiger partial charge in [-0.1, -0.05) is 6.92 Å². The van der Waals surface area contributed by atoms with E-state index in [4.69, 9.17) is 10.5 Å². The summed E-state index contributed by atoms with van der Waals surface area (Å²) in [7, 11) is 0. The molecular weight excluding hydrogens is 180 g/mol. The van der Waals surface area contributed by atoms with Gasteiger partial charge in [-0.3, -0.25) is 4.79 Å². The van der Waals surface area contributed by atoms with Crippen LogP contribution < -0.4 is 15.8 Å². The van der Waals surface area contributed by atoms with E-state index in [1.54, 1.807) is 18.2 Å². The zero-order valence-electron chi connectivity index (χ0n) is 7.91. The molecule has 0 fully saturated rings. The van der Waals surface area contributed by atoms with Crippen LogP contribution in [-0.2, 0) is 4.79 Å². The van der Waals surface area contributed by atoms with E-state index in [9.17, 15) is 4.79 Å². The summed E-state index contributed by atoms with van der Waals surface area (Å²) in [5.41, 5.74) is 6.93. The third-order valence-electron chi connectivity index (χ3n) is 2.20. The normalized spacial score (nSPS) is 20.4. The van der Waals surface area contributed by atoms with Crippen LogP contribution in [0.4, 0.5) is 11.4 Å². The lowest BCUT2D eigenvalue weighted by Gasteiger charge is -2.06. The van der Waals surface area contributed by atoms with Crippen LogP contribution in [0.2, 0.25) is 0 Å². The van der Waals surface area contributed by atoms with Gasteiger partial charge in [0.05, 0.1) is 18.2 Å². The minimum absolute atomic E-state index is 0.0199. The van der Waals surface area contributed by atoms with Gasteiger partial charge in [-0.15, -0.1) is 0 Å². The van der Waals surface area contributed by atoms with E-state index in [0.717, 1.165) is 0 Å². The van der Waals surface area contributed by atoms with Gasteiger partial charge in [-0.25, -0.2) is 0 Å². The third kappa shape index (κ3) is 1.51. The van der Waals surface area contributed by atoms with Crippen molar-refractivity contribution in [3.63, 3.8) is 0 Å². The van der Waals surface area contributed by atoms with Crippen LogP contribution in [0.25, 0.3) is 0 Å². The lowest BCUT2D eigenvalue weighted by atomic mass is 10.2. The summed E-state index contributed by atoms with van der Waals surface area (Å²) in [4.78, 5) is 11.4. The van der Waals surface area contributed by atoms with Crippen LogP contribution in [0.15, 0.2) is 18.2 Å². The number of nitrogen functional groups attached to an aromatic ring is 1. The maximum absolute atomic E-state index is 11.4. The van der Waals surface area contributed by atoms with E-state index in [1.807, 2.05) is 6.92 Å². The van der Waals surface area contributed by atoms with Crippen molar-refractivity contribution in [1.29, 1.82) is 0 Å². The number of anilines is 2. The number of hydrogen-bond donors (Lipinski definition) is 2. The predicted octanol–water partition coefficient (Wildman–Crippen LogP) is 1.24. The molecule has 0 bridgehead atoms. The van der Waals surface area contributed by atoms with Gasteiger partial charge in [0, 0.05) is 11.8 Å². The summed E-state index contributed by atoms with van der Waals surface area (Å²) in [6, 6.07) is 5.20. The molecule has 14 heavy (non-hydrogen) atoms. The molecule has 2 rings (SSSR count). The number of amides is 1. The van der Waals surface area contributed by atoms with E-state index in [0.29, 0.717) is 23.7 Å². The summed E-state index contributed by atoms with van der Waals surface area (Å²) in [5.74, 6) is 0.486. The maximum atomic E-state index is 11.4. The molecule has 1 aromatic rings. The van der Waals surface area contributed by atoms with E-state index >= 15 is 0 Å². The fourth-order valence-corrected chi connectivity index (χ4v) is 1.31. The summed E-state index contributed by atoms with van der Waals surface area (Å²) < 4.78 is 5.45. The van der Waals surface area contributed by atoms with E-state index in [2.05, 4.69) is 5.32 Å².